The Labute approximate surface area is 146 Å². The fourth-order valence-electron chi connectivity index (χ4n) is 1.99. The van der Waals surface area contributed by atoms with E-state index < -0.39 is 0 Å². The predicted molar refractivity (Wildman–Crippen MR) is 92.2 cm³/mol. The minimum Gasteiger partial charge on any atom is -0.484 e. The highest BCUT2D eigenvalue weighted by Gasteiger charge is 2.06. The summed E-state index contributed by atoms with van der Waals surface area (Å²) in [5.74, 6) is 0.363. The number of aromatic nitrogens is 4. The maximum absolute atomic E-state index is 12.0. The van der Waals surface area contributed by atoms with Crippen LogP contribution in [0.1, 0.15) is 5.56 Å². The van der Waals surface area contributed by atoms with Crippen molar-refractivity contribution in [1.29, 1.82) is 0 Å². The Kier molecular flexibility index (Phi) is 4.85. The van der Waals surface area contributed by atoms with Crippen molar-refractivity contribution in [2.75, 3.05) is 11.9 Å². The molecule has 0 atom stereocenters. The van der Waals surface area contributed by atoms with Gasteiger partial charge in [-0.3, -0.25) is 4.79 Å². The fraction of sp³-hybridized carbons (Fsp3) is 0.125. The molecular formula is C16H14BrN5O2. The van der Waals surface area contributed by atoms with Crippen LogP contribution < -0.4 is 10.1 Å². The molecule has 1 aromatic heterocycles. The molecule has 7 nitrogen and oxygen atoms in total. The number of ether oxygens (including phenoxy) is 1. The van der Waals surface area contributed by atoms with Crippen LogP contribution in [0.5, 0.6) is 5.75 Å². The van der Waals surface area contributed by atoms with Gasteiger partial charge in [0, 0.05) is 10.2 Å². The van der Waals surface area contributed by atoms with Crippen molar-refractivity contribution in [3.05, 3.63) is 58.8 Å². The second-order valence-electron chi connectivity index (χ2n) is 5.05. The summed E-state index contributed by atoms with van der Waals surface area (Å²) < 4.78 is 7.96. The highest BCUT2D eigenvalue weighted by molar-refractivity contribution is 9.10. The Morgan fingerprint density at radius 1 is 1.25 bits per heavy atom. The molecule has 122 valence electrons. The first kappa shape index (κ1) is 16.1. The molecule has 0 radical (unpaired) electrons. The lowest BCUT2D eigenvalue weighted by atomic mass is 10.2. The Hall–Kier alpha value is -2.74. The van der Waals surface area contributed by atoms with Crippen molar-refractivity contribution < 1.29 is 9.53 Å². The first-order chi connectivity index (χ1) is 11.6. The summed E-state index contributed by atoms with van der Waals surface area (Å²) in [4.78, 5) is 12.0. The molecule has 0 saturated carbocycles. The Morgan fingerprint density at radius 3 is 2.71 bits per heavy atom. The van der Waals surface area contributed by atoms with Crippen LogP contribution >= 0.6 is 15.9 Å². The molecule has 0 saturated heterocycles. The van der Waals surface area contributed by atoms with Gasteiger partial charge in [0.2, 0.25) is 0 Å². The first-order valence-corrected chi connectivity index (χ1v) is 7.93. The van der Waals surface area contributed by atoms with Crippen LogP contribution in [0.25, 0.3) is 5.69 Å². The summed E-state index contributed by atoms with van der Waals surface area (Å²) in [5.41, 5.74) is 2.63. The molecule has 0 aliphatic heterocycles. The number of benzene rings is 2. The zero-order valence-electron chi connectivity index (χ0n) is 12.8. The summed E-state index contributed by atoms with van der Waals surface area (Å²) in [6.45, 7) is 1.91. The van der Waals surface area contributed by atoms with Gasteiger partial charge < -0.3 is 10.1 Å². The maximum Gasteiger partial charge on any atom is 0.262 e. The SMILES string of the molecule is Cc1ccc(NC(=O)COc2ccc(-n3cnnn3)cc2)cc1Br. The zero-order chi connectivity index (χ0) is 16.9. The smallest absolute Gasteiger partial charge is 0.262 e. The monoisotopic (exact) mass is 387 g/mol. The van der Waals surface area contributed by atoms with Crippen molar-refractivity contribution in [2.24, 2.45) is 0 Å². The molecule has 0 bridgehead atoms. The molecule has 3 rings (SSSR count). The number of carbonyl (C=O) groups is 1. The van der Waals surface area contributed by atoms with Crippen molar-refractivity contribution in [3.63, 3.8) is 0 Å². The lowest BCUT2D eigenvalue weighted by molar-refractivity contribution is -0.118. The summed E-state index contributed by atoms with van der Waals surface area (Å²) in [6.07, 6.45) is 1.50. The molecule has 0 aliphatic rings. The maximum atomic E-state index is 12.0. The van der Waals surface area contributed by atoms with Gasteiger partial charge in [0.1, 0.15) is 12.1 Å². The van der Waals surface area contributed by atoms with Gasteiger partial charge in [0.25, 0.3) is 5.91 Å². The third-order valence-electron chi connectivity index (χ3n) is 3.28. The van der Waals surface area contributed by atoms with E-state index in [4.69, 9.17) is 4.74 Å². The van der Waals surface area contributed by atoms with Crippen LogP contribution in [0.3, 0.4) is 0 Å². The van der Waals surface area contributed by atoms with E-state index in [1.165, 1.54) is 11.0 Å². The van der Waals surface area contributed by atoms with Crippen LogP contribution in [0.15, 0.2) is 53.3 Å². The second kappa shape index (κ2) is 7.22. The Bertz CT molecular complexity index is 834. The molecule has 0 unspecified atom stereocenters. The van der Waals surface area contributed by atoms with Crippen molar-refractivity contribution in [2.45, 2.75) is 6.92 Å². The average Bonchev–Trinajstić information content (AvgIpc) is 3.11. The number of amides is 1. The Balaban J connectivity index is 1.55. The van der Waals surface area contributed by atoms with Gasteiger partial charge in [-0.05, 0) is 59.3 Å². The van der Waals surface area contributed by atoms with E-state index in [2.05, 4.69) is 36.8 Å². The molecule has 1 N–H and O–H groups in total. The molecule has 24 heavy (non-hydrogen) atoms. The minimum absolute atomic E-state index is 0.0737. The van der Waals surface area contributed by atoms with E-state index in [0.29, 0.717) is 5.75 Å². The molecule has 0 spiro atoms. The minimum atomic E-state index is -0.227. The van der Waals surface area contributed by atoms with Gasteiger partial charge in [-0.25, -0.2) is 4.68 Å². The summed E-state index contributed by atoms with van der Waals surface area (Å²) in [7, 11) is 0. The first-order valence-electron chi connectivity index (χ1n) is 7.14. The molecule has 1 amide bonds. The van der Waals surface area contributed by atoms with Gasteiger partial charge in [0.15, 0.2) is 6.61 Å². The Morgan fingerprint density at radius 2 is 2.04 bits per heavy atom. The largest absolute Gasteiger partial charge is 0.484 e. The van der Waals surface area contributed by atoms with Crippen LogP contribution in [0, 0.1) is 6.92 Å². The summed E-state index contributed by atoms with van der Waals surface area (Å²) in [5, 5.41) is 13.7. The van der Waals surface area contributed by atoms with Crippen molar-refractivity contribution in [1.82, 2.24) is 20.2 Å². The summed E-state index contributed by atoms with van der Waals surface area (Å²) in [6, 6.07) is 12.8. The predicted octanol–water partition coefficient (Wildman–Crippen LogP) is 2.75. The number of tetrazole rings is 1. The van der Waals surface area contributed by atoms with E-state index >= 15 is 0 Å². The standard InChI is InChI=1S/C16H14BrN5O2/c1-11-2-3-12(8-15(11)17)19-16(23)9-24-14-6-4-13(5-7-14)22-10-18-20-21-22/h2-8,10H,9H2,1H3,(H,19,23). The quantitative estimate of drug-likeness (QED) is 0.727. The van der Waals surface area contributed by atoms with E-state index in [1.807, 2.05) is 25.1 Å². The van der Waals surface area contributed by atoms with E-state index in [9.17, 15) is 4.79 Å². The molecule has 0 aliphatic carbocycles. The van der Waals surface area contributed by atoms with Crippen LogP contribution in [0.4, 0.5) is 5.69 Å². The lowest BCUT2D eigenvalue weighted by Gasteiger charge is -2.09. The number of rotatable bonds is 5. The summed E-state index contributed by atoms with van der Waals surface area (Å²) >= 11 is 3.44. The van der Waals surface area contributed by atoms with Crippen molar-refractivity contribution >= 4 is 27.5 Å². The molecule has 0 fully saturated rings. The van der Waals surface area contributed by atoms with Gasteiger partial charge in [-0.2, -0.15) is 0 Å². The van der Waals surface area contributed by atoms with E-state index in [-0.39, 0.29) is 12.5 Å². The molecule has 3 aromatic rings. The van der Waals surface area contributed by atoms with E-state index in [0.717, 1.165) is 21.4 Å². The highest BCUT2D eigenvalue weighted by atomic mass is 79.9. The molecule has 1 heterocycles. The molecular weight excluding hydrogens is 374 g/mol. The number of hydrogen-bond donors (Lipinski definition) is 1. The second-order valence-corrected chi connectivity index (χ2v) is 5.90. The number of aryl methyl sites for hydroxylation is 1. The van der Waals surface area contributed by atoms with Gasteiger partial charge in [-0.15, -0.1) is 5.10 Å². The van der Waals surface area contributed by atoms with Gasteiger partial charge in [-0.1, -0.05) is 22.0 Å². The highest BCUT2D eigenvalue weighted by Crippen LogP contribution is 2.20. The van der Waals surface area contributed by atoms with Crippen LogP contribution in [0.2, 0.25) is 0 Å². The number of carbonyl (C=O) groups excluding carboxylic acids is 1. The van der Waals surface area contributed by atoms with E-state index in [1.54, 1.807) is 24.3 Å². The number of anilines is 1. The van der Waals surface area contributed by atoms with Gasteiger partial charge in [0.05, 0.1) is 5.69 Å². The number of nitrogens with zero attached hydrogens (tertiary/aromatic N) is 4. The number of nitrogens with one attached hydrogen (secondary N) is 1. The number of hydrogen-bond acceptors (Lipinski definition) is 5. The third-order valence-corrected chi connectivity index (χ3v) is 4.13. The molecule has 8 heteroatoms. The van der Waals surface area contributed by atoms with Crippen molar-refractivity contribution in [3.8, 4) is 11.4 Å². The fourth-order valence-corrected chi connectivity index (χ4v) is 2.37. The topological polar surface area (TPSA) is 81.9 Å². The van der Waals surface area contributed by atoms with Crippen LogP contribution in [-0.2, 0) is 4.79 Å². The average molecular weight is 388 g/mol. The lowest BCUT2D eigenvalue weighted by Crippen LogP contribution is -2.20. The molecule has 2 aromatic carbocycles. The number of halogens is 1. The zero-order valence-corrected chi connectivity index (χ0v) is 14.4. The van der Waals surface area contributed by atoms with Crippen LogP contribution in [-0.4, -0.2) is 32.7 Å². The van der Waals surface area contributed by atoms with Gasteiger partial charge >= 0.3 is 0 Å². The third kappa shape index (κ3) is 3.96. The normalized spacial score (nSPS) is 10.4.